The number of rotatable bonds is 3. The lowest BCUT2D eigenvalue weighted by Gasteiger charge is -2.31. The maximum absolute atomic E-state index is 12.8. The Bertz CT molecular complexity index is 910. The molecule has 1 amide bonds. The molecule has 1 aromatic heterocycles. The van der Waals surface area contributed by atoms with Gasteiger partial charge in [0.25, 0.3) is 5.91 Å². The third-order valence-corrected chi connectivity index (χ3v) is 5.10. The van der Waals surface area contributed by atoms with Crippen molar-refractivity contribution in [1.29, 1.82) is 0 Å². The van der Waals surface area contributed by atoms with E-state index in [9.17, 15) is 4.79 Å². The summed E-state index contributed by atoms with van der Waals surface area (Å²) >= 11 is 3.42. The number of aromatic nitrogens is 2. The number of hydrogen-bond acceptors (Lipinski definition) is 4. The van der Waals surface area contributed by atoms with Crippen LogP contribution in [0, 0.1) is 0 Å². The molecule has 0 bridgehead atoms. The zero-order valence-corrected chi connectivity index (χ0v) is 15.7. The molecule has 1 aliphatic rings. The summed E-state index contributed by atoms with van der Waals surface area (Å²) in [6.07, 6.45) is 1.87. The molecule has 0 spiro atoms. The highest BCUT2D eigenvalue weighted by Crippen LogP contribution is 2.28. The first-order valence-corrected chi connectivity index (χ1v) is 9.44. The second kappa shape index (κ2) is 7.41. The molecule has 2 heterocycles. The maximum Gasteiger partial charge on any atom is 0.253 e. The second-order valence-electron chi connectivity index (χ2n) is 6.42. The molecule has 0 N–H and O–H groups in total. The third-order valence-electron chi connectivity index (χ3n) is 4.60. The summed E-state index contributed by atoms with van der Waals surface area (Å²) in [5.41, 5.74) is 1.62. The molecule has 26 heavy (non-hydrogen) atoms. The van der Waals surface area contributed by atoms with Crippen LogP contribution >= 0.6 is 15.9 Å². The Balaban J connectivity index is 1.50. The van der Waals surface area contributed by atoms with Crippen LogP contribution in [0.1, 0.15) is 35.0 Å². The Kier molecular flexibility index (Phi) is 4.84. The number of benzene rings is 2. The molecule has 0 saturated carbocycles. The van der Waals surface area contributed by atoms with E-state index in [4.69, 9.17) is 4.52 Å². The fourth-order valence-electron chi connectivity index (χ4n) is 3.27. The molecule has 3 aromatic rings. The fourth-order valence-corrected chi connectivity index (χ4v) is 3.67. The Hall–Kier alpha value is -2.47. The predicted molar refractivity (Wildman–Crippen MR) is 102 cm³/mol. The highest BCUT2D eigenvalue weighted by Gasteiger charge is 2.29. The number of amides is 1. The SMILES string of the molecule is O=C(c1cccc(Br)c1)N1CCCC(c2nc(-c3ccccc3)no2)C1. The number of carbonyl (C=O) groups excluding carboxylic acids is 1. The Morgan fingerprint density at radius 3 is 2.81 bits per heavy atom. The molecule has 1 saturated heterocycles. The van der Waals surface area contributed by atoms with Crippen molar-refractivity contribution >= 4 is 21.8 Å². The molecule has 4 rings (SSSR count). The summed E-state index contributed by atoms with van der Waals surface area (Å²) in [6, 6.07) is 17.3. The smallest absolute Gasteiger partial charge is 0.253 e. The zero-order chi connectivity index (χ0) is 17.9. The first-order chi connectivity index (χ1) is 12.7. The quantitative estimate of drug-likeness (QED) is 0.635. The number of carbonyl (C=O) groups is 1. The van der Waals surface area contributed by atoms with Crippen LogP contribution in [0.3, 0.4) is 0 Å². The van der Waals surface area contributed by atoms with Gasteiger partial charge in [-0.2, -0.15) is 4.98 Å². The van der Waals surface area contributed by atoms with Crippen molar-refractivity contribution in [2.24, 2.45) is 0 Å². The molecule has 0 radical (unpaired) electrons. The maximum atomic E-state index is 12.8. The van der Waals surface area contributed by atoms with E-state index in [-0.39, 0.29) is 11.8 Å². The number of hydrogen-bond donors (Lipinski definition) is 0. The molecule has 2 aromatic carbocycles. The summed E-state index contributed by atoms with van der Waals surface area (Å²) in [5.74, 6) is 1.32. The monoisotopic (exact) mass is 411 g/mol. The van der Waals surface area contributed by atoms with Crippen LogP contribution in [0.15, 0.2) is 63.6 Å². The molecule has 5 nitrogen and oxygen atoms in total. The fraction of sp³-hybridized carbons (Fsp3) is 0.250. The van der Waals surface area contributed by atoms with Gasteiger partial charge < -0.3 is 9.42 Å². The first-order valence-electron chi connectivity index (χ1n) is 8.64. The van der Waals surface area contributed by atoms with Gasteiger partial charge in [-0.25, -0.2) is 0 Å². The van der Waals surface area contributed by atoms with Gasteiger partial charge in [-0.3, -0.25) is 4.79 Å². The van der Waals surface area contributed by atoms with E-state index < -0.39 is 0 Å². The van der Waals surface area contributed by atoms with Crippen molar-refractivity contribution in [3.63, 3.8) is 0 Å². The highest BCUT2D eigenvalue weighted by atomic mass is 79.9. The van der Waals surface area contributed by atoms with E-state index >= 15 is 0 Å². The third kappa shape index (κ3) is 3.55. The van der Waals surface area contributed by atoms with E-state index in [1.807, 2.05) is 59.5 Å². The standard InChI is InChI=1S/C20H18BrN3O2/c21-17-10-4-8-15(12-17)20(25)24-11-5-9-16(13-24)19-22-18(23-26-19)14-6-2-1-3-7-14/h1-4,6-8,10,12,16H,5,9,11,13H2. The minimum atomic E-state index is 0.0406. The summed E-state index contributed by atoms with van der Waals surface area (Å²) in [7, 11) is 0. The average Bonchev–Trinajstić information content (AvgIpc) is 3.18. The van der Waals surface area contributed by atoms with E-state index in [0.717, 1.165) is 29.4 Å². The van der Waals surface area contributed by atoms with E-state index in [1.54, 1.807) is 0 Å². The summed E-state index contributed by atoms with van der Waals surface area (Å²) in [5, 5.41) is 4.11. The van der Waals surface area contributed by atoms with Gasteiger partial charge in [-0.15, -0.1) is 0 Å². The lowest BCUT2D eigenvalue weighted by atomic mass is 9.97. The number of nitrogens with zero attached hydrogens (tertiary/aromatic N) is 3. The van der Waals surface area contributed by atoms with Crippen LogP contribution in [-0.4, -0.2) is 34.0 Å². The normalized spacial score (nSPS) is 17.3. The van der Waals surface area contributed by atoms with Crippen molar-refractivity contribution in [3.05, 3.63) is 70.5 Å². The first kappa shape index (κ1) is 17.0. The largest absolute Gasteiger partial charge is 0.339 e. The molecule has 132 valence electrons. The number of halogens is 1. The van der Waals surface area contributed by atoms with Crippen LogP contribution in [0.5, 0.6) is 0 Å². The molecule has 1 fully saturated rings. The highest BCUT2D eigenvalue weighted by molar-refractivity contribution is 9.10. The summed E-state index contributed by atoms with van der Waals surface area (Å²) in [4.78, 5) is 19.2. The van der Waals surface area contributed by atoms with Gasteiger partial charge in [0.1, 0.15) is 0 Å². The van der Waals surface area contributed by atoms with E-state index in [1.165, 1.54) is 0 Å². The molecule has 1 aliphatic heterocycles. The van der Waals surface area contributed by atoms with Gasteiger partial charge in [0, 0.05) is 28.7 Å². The Morgan fingerprint density at radius 2 is 2.00 bits per heavy atom. The molecule has 1 unspecified atom stereocenters. The van der Waals surface area contributed by atoms with E-state index in [2.05, 4.69) is 26.1 Å². The predicted octanol–water partition coefficient (Wildman–Crippen LogP) is 4.52. The van der Waals surface area contributed by atoms with Gasteiger partial charge in [0.05, 0.1) is 5.92 Å². The minimum Gasteiger partial charge on any atom is -0.339 e. The van der Waals surface area contributed by atoms with Gasteiger partial charge >= 0.3 is 0 Å². The van der Waals surface area contributed by atoms with Crippen molar-refractivity contribution in [1.82, 2.24) is 15.0 Å². The van der Waals surface area contributed by atoms with Crippen molar-refractivity contribution in [2.75, 3.05) is 13.1 Å². The number of likely N-dealkylation sites (tertiary alicyclic amines) is 1. The molecular weight excluding hydrogens is 394 g/mol. The minimum absolute atomic E-state index is 0.0406. The summed E-state index contributed by atoms with van der Waals surface area (Å²) in [6.45, 7) is 1.35. The van der Waals surface area contributed by atoms with Crippen LogP contribution in [0.4, 0.5) is 0 Å². The van der Waals surface area contributed by atoms with E-state index in [0.29, 0.717) is 23.8 Å². The van der Waals surface area contributed by atoms with Gasteiger partial charge in [0.2, 0.25) is 11.7 Å². The van der Waals surface area contributed by atoms with Crippen LogP contribution < -0.4 is 0 Å². The van der Waals surface area contributed by atoms with Gasteiger partial charge in [-0.1, -0.05) is 57.5 Å². The lowest BCUT2D eigenvalue weighted by Crippen LogP contribution is -2.39. The second-order valence-corrected chi connectivity index (χ2v) is 7.34. The molecule has 0 aliphatic carbocycles. The molecular formula is C20H18BrN3O2. The van der Waals surface area contributed by atoms with Crippen LogP contribution in [0.2, 0.25) is 0 Å². The van der Waals surface area contributed by atoms with Crippen molar-refractivity contribution in [2.45, 2.75) is 18.8 Å². The van der Waals surface area contributed by atoms with Crippen molar-refractivity contribution in [3.8, 4) is 11.4 Å². The van der Waals surface area contributed by atoms with Gasteiger partial charge in [0.15, 0.2) is 0 Å². The lowest BCUT2D eigenvalue weighted by molar-refractivity contribution is 0.0695. The average molecular weight is 412 g/mol. The van der Waals surface area contributed by atoms with Gasteiger partial charge in [-0.05, 0) is 31.0 Å². The zero-order valence-electron chi connectivity index (χ0n) is 14.1. The Labute approximate surface area is 160 Å². The molecule has 6 heteroatoms. The summed E-state index contributed by atoms with van der Waals surface area (Å²) < 4.78 is 6.41. The van der Waals surface area contributed by atoms with Crippen molar-refractivity contribution < 1.29 is 9.32 Å². The van der Waals surface area contributed by atoms with Crippen LogP contribution in [-0.2, 0) is 0 Å². The Morgan fingerprint density at radius 1 is 1.15 bits per heavy atom. The topological polar surface area (TPSA) is 59.2 Å². The number of piperidine rings is 1. The molecule has 1 atom stereocenters. The van der Waals surface area contributed by atoms with Crippen LogP contribution in [0.25, 0.3) is 11.4 Å².